The standard InChI is InChI=1S/C21H16ClFN4O3S/c22-16-8-15(10-21-24-26-27-25-21)9-17(11-16)30-20-7-6-18(12-19(20)23)31(28,29)13-14-4-2-1-3-5-14/h1-9,11-12H,10,13H2,(H,24,25,26,27). The lowest BCUT2D eigenvalue weighted by atomic mass is 10.1. The second-order valence-corrected chi connectivity index (χ2v) is 9.16. The first-order valence-corrected chi connectivity index (χ1v) is 11.2. The highest BCUT2D eigenvalue weighted by Gasteiger charge is 2.18. The summed E-state index contributed by atoms with van der Waals surface area (Å²) in [6.07, 6.45) is 0.354. The van der Waals surface area contributed by atoms with Crippen LogP contribution in [0.5, 0.6) is 11.5 Å². The van der Waals surface area contributed by atoms with Crippen molar-refractivity contribution in [3.05, 3.63) is 94.5 Å². The van der Waals surface area contributed by atoms with E-state index in [9.17, 15) is 12.8 Å². The Hall–Kier alpha value is -3.30. The van der Waals surface area contributed by atoms with E-state index in [0.717, 1.165) is 11.6 Å². The molecule has 0 saturated heterocycles. The van der Waals surface area contributed by atoms with Crippen LogP contribution < -0.4 is 4.74 Å². The maximum absolute atomic E-state index is 14.7. The number of aromatic nitrogens is 4. The highest BCUT2D eigenvalue weighted by Crippen LogP contribution is 2.30. The Balaban J connectivity index is 1.54. The number of benzene rings is 3. The third-order valence-corrected chi connectivity index (χ3v) is 6.28. The van der Waals surface area contributed by atoms with Crippen LogP contribution in [0.3, 0.4) is 0 Å². The molecule has 0 spiro atoms. The Morgan fingerprint density at radius 3 is 2.52 bits per heavy atom. The Kier molecular flexibility index (Phi) is 5.97. The van der Waals surface area contributed by atoms with E-state index in [1.165, 1.54) is 18.2 Å². The van der Waals surface area contributed by atoms with Crippen molar-refractivity contribution < 1.29 is 17.5 Å². The lowest BCUT2D eigenvalue weighted by Gasteiger charge is -2.11. The molecule has 0 aliphatic heterocycles. The van der Waals surface area contributed by atoms with Crippen molar-refractivity contribution in [2.75, 3.05) is 0 Å². The van der Waals surface area contributed by atoms with Gasteiger partial charge in [0.25, 0.3) is 0 Å². The summed E-state index contributed by atoms with van der Waals surface area (Å²) in [6, 6.07) is 17.2. The SMILES string of the molecule is O=S(=O)(Cc1ccccc1)c1ccc(Oc2cc(Cl)cc(Cc3nn[nH]n3)c2)c(F)c1. The number of H-pyrrole nitrogens is 1. The van der Waals surface area contributed by atoms with Crippen molar-refractivity contribution in [1.29, 1.82) is 0 Å². The maximum Gasteiger partial charge on any atom is 0.182 e. The van der Waals surface area contributed by atoms with Crippen LogP contribution in [0.4, 0.5) is 4.39 Å². The zero-order valence-electron chi connectivity index (χ0n) is 16.0. The van der Waals surface area contributed by atoms with Crippen LogP contribution in [0.2, 0.25) is 5.02 Å². The van der Waals surface area contributed by atoms with Crippen LogP contribution in [0.25, 0.3) is 0 Å². The lowest BCUT2D eigenvalue weighted by Crippen LogP contribution is -2.05. The zero-order valence-corrected chi connectivity index (χ0v) is 17.6. The quantitative estimate of drug-likeness (QED) is 0.442. The van der Waals surface area contributed by atoms with Crippen LogP contribution in [0.15, 0.2) is 71.6 Å². The van der Waals surface area contributed by atoms with E-state index in [1.807, 2.05) is 0 Å². The Morgan fingerprint density at radius 2 is 1.81 bits per heavy atom. The molecule has 0 fully saturated rings. The van der Waals surface area contributed by atoms with E-state index < -0.39 is 15.7 Å². The molecule has 0 aliphatic carbocycles. The Bertz CT molecular complexity index is 1300. The van der Waals surface area contributed by atoms with Gasteiger partial charge in [0.2, 0.25) is 0 Å². The van der Waals surface area contributed by atoms with Gasteiger partial charge >= 0.3 is 0 Å². The van der Waals surface area contributed by atoms with Gasteiger partial charge in [-0.3, -0.25) is 0 Å². The van der Waals surface area contributed by atoms with Gasteiger partial charge in [0.05, 0.1) is 10.6 Å². The minimum atomic E-state index is -3.71. The molecule has 4 aromatic rings. The molecule has 0 radical (unpaired) electrons. The number of hydrogen-bond acceptors (Lipinski definition) is 6. The summed E-state index contributed by atoms with van der Waals surface area (Å²) in [4.78, 5) is -0.120. The average molecular weight is 459 g/mol. The molecule has 1 heterocycles. The van der Waals surface area contributed by atoms with Crippen LogP contribution in [-0.2, 0) is 22.0 Å². The van der Waals surface area contributed by atoms with Gasteiger partial charge in [-0.25, -0.2) is 12.8 Å². The molecule has 0 unspecified atom stereocenters. The van der Waals surface area contributed by atoms with Gasteiger partial charge in [0.15, 0.2) is 27.2 Å². The van der Waals surface area contributed by atoms with Crippen molar-refractivity contribution in [1.82, 2.24) is 20.6 Å². The van der Waals surface area contributed by atoms with E-state index in [4.69, 9.17) is 16.3 Å². The van der Waals surface area contributed by atoms with E-state index in [1.54, 1.807) is 42.5 Å². The van der Waals surface area contributed by atoms with Crippen LogP contribution in [0.1, 0.15) is 17.0 Å². The lowest BCUT2D eigenvalue weighted by molar-refractivity contribution is 0.440. The molecule has 158 valence electrons. The van der Waals surface area contributed by atoms with Gasteiger partial charge in [-0.15, -0.1) is 10.2 Å². The van der Waals surface area contributed by atoms with Gasteiger partial charge in [0.1, 0.15) is 5.75 Å². The van der Waals surface area contributed by atoms with E-state index in [2.05, 4.69) is 20.6 Å². The van der Waals surface area contributed by atoms with Crippen LogP contribution in [-0.4, -0.2) is 29.0 Å². The number of rotatable bonds is 7. The molecule has 1 aromatic heterocycles. The van der Waals surface area contributed by atoms with Crippen molar-refractivity contribution in [3.63, 3.8) is 0 Å². The minimum Gasteiger partial charge on any atom is -0.454 e. The van der Waals surface area contributed by atoms with Crippen molar-refractivity contribution >= 4 is 21.4 Å². The molecule has 0 amide bonds. The largest absolute Gasteiger partial charge is 0.454 e. The fraction of sp³-hybridized carbons (Fsp3) is 0.0952. The summed E-state index contributed by atoms with van der Waals surface area (Å²) in [5.74, 6) is -0.376. The molecular weight excluding hydrogens is 443 g/mol. The first-order valence-electron chi connectivity index (χ1n) is 9.15. The van der Waals surface area contributed by atoms with Gasteiger partial charge in [-0.1, -0.05) is 47.1 Å². The molecule has 3 aromatic carbocycles. The number of nitrogens with zero attached hydrogens (tertiary/aromatic N) is 3. The van der Waals surface area contributed by atoms with Crippen LogP contribution >= 0.6 is 11.6 Å². The summed E-state index contributed by atoms with van der Waals surface area (Å²) in [6.45, 7) is 0. The molecule has 0 saturated carbocycles. The van der Waals surface area contributed by atoms with Gasteiger partial charge in [-0.2, -0.15) is 5.21 Å². The number of ether oxygens (including phenoxy) is 1. The van der Waals surface area contributed by atoms with E-state index in [0.29, 0.717) is 28.6 Å². The summed E-state index contributed by atoms with van der Waals surface area (Å²) in [7, 11) is -3.71. The number of hydrogen-bond donors (Lipinski definition) is 1. The predicted octanol–water partition coefficient (Wildman–Crippen LogP) is 4.35. The average Bonchev–Trinajstić information content (AvgIpc) is 3.22. The molecule has 10 heteroatoms. The fourth-order valence-corrected chi connectivity index (χ4v) is 4.59. The molecule has 0 aliphatic rings. The molecule has 7 nitrogen and oxygen atoms in total. The monoisotopic (exact) mass is 458 g/mol. The maximum atomic E-state index is 14.7. The number of halogens is 2. The van der Waals surface area contributed by atoms with Gasteiger partial charge < -0.3 is 4.74 Å². The number of nitrogens with one attached hydrogen (secondary N) is 1. The number of aromatic amines is 1. The Morgan fingerprint density at radius 1 is 1.00 bits per heavy atom. The number of sulfone groups is 1. The summed E-state index contributed by atoms with van der Waals surface area (Å²) in [5.41, 5.74) is 1.36. The Labute approximate surface area is 182 Å². The van der Waals surface area contributed by atoms with E-state index in [-0.39, 0.29) is 16.4 Å². The number of tetrazole rings is 1. The highest BCUT2D eigenvalue weighted by molar-refractivity contribution is 7.90. The normalized spacial score (nSPS) is 11.4. The minimum absolute atomic E-state index is 0.119. The van der Waals surface area contributed by atoms with Crippen LogP contribution in [0, 0.1) is 5.82 Å². The summed E-state index contributed by atoms with van der Waals surface area (Å²) in [5, 5.41) is 14.0. The smallest absolute Gasteiger partial charge is 0.182 e. The van der Waals surface area contributed by atoms with Gasteiger partial charge in [-0.05, 0) is 47.5 Å². The second-order valence-electron chi connectivity index (χ2n) is 6.74. The fourth-order valence-electron chi connectivity index (χ4n) is 2.98. The molecule has 1 N–H and O–H groups in total. The van der Waals surface area contributed by atoms with Crippen molar-refractivity contribution in [3.8, 4) is 11.5 Å². The third-order valence-electron chi connectivity index (χ3n) is 4.37. The molecule has 31 heavy (non-hydrogen) atoms. The molecule has 4 rings (SSSR count). The molecular formula is C21H16ClFN4O3S. The molecule has 0 bridgehead atoms. The highest BCUT2D eigenvalue weighted by atomic mass is 35.5. The second kappa shape index (κ2) is 8.83. The van der Waals surface area contributed by atoms with Crippen molar-refractivity contribution in [2.45, 2.75) is 17.1 Å². The zero-order chi connectivity index (χ0) is 21.8. The van der Waals surface area contributed by atoms with E-state index >= 15 is 0 Å². The first-order chi connectivity index (χ1) is 14.9. The predicted molar refractivity (Wildman–Crippen MR) is 112 cm³/mol. The molecule has 0 atom stereocenters. The van der Waals surface area contributed by atoms with Crippen molar-refractivity contribution in [2.24, 2.45) is 0 Å². The third kappa shape index (κ3) is 5.25. The summed E-state index contributed by atoms with van der Waals surface area (Å²) < 4.78 is 45.5. The summed E-state index contributed by atoms with van der Waals surface area (Å²) >= 11 is 6.14. The topological polar surface area (TPSA) is 97.8 Å². The van der Waals surface area contributed by atoms with Gasteiger partial charge in [0, 0.05) is 11.4 Å². The first kappa shape index (κ1) is 21.0.